The van der Waals surface area contributed by atoms with Crippen LogP contribution in [0.3, 0.4) is 0 Å². The molecule has 2 N–H and O–H groups in total. The molecule has 2 rings (SSSR count). The summed E-state index contributed by atoms with van der Waals surface area (Å²) in [6.07, 6.45) is 7.15. The molecule has 0 saturated heterocycles. The Morgan fingerprint density at radius 3 is 1.86 bits per heavy atom. The van der Waals surface area contributed by atoms with Gasteiger partial charge in [-0.25, -0.2) is 4.79 Å². The van der Waals surface area contributed by atoms with E-state index in [0.29, 0.717) is 12.8 Å². The highest BCUT2D eigenvalue weighted by Crippen LogP contribution is 2.25. The van der Waals surface area contributed by atoms with Crippen LogP contribution >= 0.6 is 0 Å². The Bertz CT molecular complexity index is 734. The van der Waals surface area contributed by atoms with Crippen LogP contribution in [0.15, 0.2) is 61.2 Å². The van der Waals surface area contributed by atoms with Gasteiger partial charge in [0.1, 0.15) is 6.10 Å². The molecule has 29 heavy (non-hydrogen) atoms. The zero-order valence-electron chi connectivity index (χ0n) is 17.1. The Balaban J connectivity index is 1.82. The predicted molar refractivity (Wildman–Crippen MR) is 116 cm³/mol. The normalized spacial score (nSPS) is 11.8. The Morgan fingerprint density at radius 2 is 1.34 bits per heavy atom. The number of esters is 1. The average molecular weight is 397 g/mol. The smallest absolute Gasteiger partial charge is 0.330 e. The van der Waals surface area contributed by atoms with Crippen LogP contribution < -0.4 is 0 Å². The SMILES string of the molecule is C=CC(=O)OC(CCCCCc1ccc(CCO)cc1)c1ccc(CCO)cc1. The Labute approximate surface area is 173 Å². The molecular weight excluding hydrogens is 364 g/mol. The highest BCUT2D eigenvalue weighted by Gasteiger charge is 2.15. The summed E-state index contributed by atoms with van der Waals surface area (Å²) >= 11 is 0. The van der Waals surface area contributed by atoms with Gasteiger partial charge in [0.2, 0.25) is 0 Å². The van der Waals surface area contributed by atoms with Crippen LogP contribution in [0.4, 0.5) is 0 Å². The molecule has 0 radical (unpaired) electrons. The molecule has 1 unspecified atom stereocenters. The molecule has 156 valence electrons. The van der Waals surface area contributed by atoms with E-state index in [1.165, 1.54) is 11.6 Å². The average Bonchev–Trinajstić information content (AvgIpc) is 2.74. The van der Waals surface area contributed by atoms with E-state index in [4.69, 9.17) is 14.9 Å². The first kappa shape index (κ1) is 22.9. The van der Waals surface area contributed by atoms with Crippen LogP contribution in [0.5, 0.6) is 0 Å². The van der Waals surface area contributed by atoms with Crippen LogP contribution in [0.25, 0.3) is 0 Å². The number of aliphatic hydroxyl groups is 2. The lowest BCUT2D eigenvalue weighted by molar-refractivity contribution is -0.143. The predicted octanol–water partition coefficient (Wildman–Crippen LogP) is 4.33. The fraction of sp³-hybridized carbons (Fsp3) is 0.400. The number of aliphatic hydroxyl groups excluding tert-OH is 2. The highest BCUT2D eigenvalue weighted by molar-refractivity contribution is 5.81. The van der Waals surface area contributed by atoms with Crippen molar-refractivity contribution in [1.29, 1.82) is 0 Å². The number of carbonyl (C=O) groups excluding carboxylic acids is 1. The minimum Gasteiger partial charge on any atom is -0.454 e. The maximum Gasteiger partial charge on any atom is 0.330 e. The molecule has 0 heterocycles. The lowest BCUT2D eigenvalue weighted by Crippen LogP contribution is -2.09. The Morgan fingerprint density at radius 1 is 0.828 bits per heavy atom. The van der Waals surface area contributed by atoms with Gasteiger partial charge in [0, 0.05) is 19.3 Å². The fourth-order valence-corrected chi connectivity index (χ4v) is 3.35. The van der Waals surface area contributed by atoms with Crippen LogP contribution in [0.2, 0.25) is 0 Å². The van der Waals surface area contributed by atoms with Crippen molar-refractivity contribution in [1.82, 2.24) is 0 Å². The standard InChI is InChI=1S/C25H32O4/c1-2-25(28)29-24(23-14-12-22(13-15-23)17-19-27)7-5-3-4-6-20-8-10-21(11-9-20)16-18-26/h2,8-15,24,26-27H,1,3-7,16-19H2. The highest BCUT2D eigenvalue weighted by atomic mass is 16.5. The molecule has 0 aromatic heterocycles. The van der Waals surface area contributed by atoms with E-state index in [2.05, 4.69) is 30.8 Å². The van der Waals surface area contributed by atoms with Gasteiger partial charge in [-0.2, -0.15) is 0 Å². The number of benzene rings is 2. The fourth-order valence-electron chi connectivity index (χ4n) is 3.35. The van der Waals surface area contributed by atoms with E-state index >= 15 is 0 Å². The number of hydrogen-bond acceptors (Lipinski definition) is 4. The van der Waals surface area contributed by atoms with Gasteiger partial charge in [-0.05, 0) is 60.8 Å². The van der Waals surface area contributed by atoms with Crippen molar-refractivity contribution in [3.63, 3.8) is 0 Å². The summed E-state index contributed by atoms with van der Waals surface area (Å²) in [7, 11) is 0. The first-order valence-electron chi connectivity index (χ1n) is 10.4. The Kier molecular flexibility index (Phi) is 10.2. The molecule has 2 aromatic carbocycles. The van der Waals surface area contributed by atoms with Crippen molar-refractivity contribution < 1.29 is 19.7 Å². The molecule has 4 nitrogen and oxygen atoms in total. The van der Waals surface area contributed by atoms with Gasteiger partial charge in [-0.1, -0.05) is 61.5 Å². The summed E-state index contributed by atoms with van der Waals surface area (Å²) in [5, 5.41) is 18.0. The quantitative estimate of drug-likeness (QED) is 0.300. The lowest BCUT2D eigenvalue weighted by Gasteiger charge is -2.18. The first-order chi connectivity index (χ1) is 14.2. The summed E-state index contributed by atoms with van der Waals surface area (Å²) in [4.78, 5) is 11.7. The van der Waals surface area contributed by atoms with Crippen molar-refractivity contribution in [3.8, 4) is 0 Å². The third-order valence-corrected chi connectivity index (χ3v) is 5.03. The molecule has 0 aliphatic heterocycles. The van der Waals surface area contributed by atoms with Crippen molar-refractivity contribution >= 4 is 5.97 Å². The molecule has 0 aliphatic rings. The van der Waals surface area contributed by atoms with E-state index < -0.39 is 5.97 Å². The van der Waals surface area contributed by atoms with Gasteiger partial charge in [0.25, 0.3) is 0 Å². The van der Waals surface area contributed by atoms with Gasteiger partial charge >= 0.3 is 5.97 Å². The molecule has 0 saturated carbocycles. The van der Waals surface area contributed by atoms with Crippen LogP contribution in [-0.2, 0) is 28.8 Å². The van der Waals surface area contributed by atoms with Crippen LogP contribution in [-0.4, -0.2) is 29.4 Å². The van der Waals surface area contributed by atoms with Crippen LogP contribution in [0.1, 0.15) is 54.0 Å². The zero-order chi connectivity index (χ0) is 20.9. The zero-order valence-corrected chi connectivity index (χ0v) is 17.1. The molecule has 4 heteroatoms. The summed E-state index contributed by atoms with van der Waals surface area (Å²) in [5.41, 5.74) is 4.50. The molecule has 2 aromatic rings. The minimum atomic E-state index is -0.405. The maximum absolute atomic E-state index is 11.7. The van der Waals surface area contributed by atoms with E-state index in [-0.39, 0.29) is 19.3 Å². The monoisotopic (exact) mass is 396 g/mol. The molecule has 0 fully saturated rings. The second kappa shape index (κ2) is 12.9. The van der Waals surface area contributed by atoms with Gasteiger partial charge in [0.15, 0.2) is 0 Å². The molecule has 1 atom stereocenters. The van der Waals surface area contributed by atoms with Crippen LogP contribution in [0, 0.1) is 0 Å². The molecule has 0 bridgehead atoms. The first-order valence-corrected chi connectivity index (χ1v) is 10.4. The number of aryl methyl sites for hydroxylation is 1. The van der Waals surface area contributed by atoms with Crippen molar-refractivity contribution in [2.45, 2.75) is 51.0 Å². The Hall–Kier alpha value is -2.43. The van der Waals surface area contributed by atoms with Gasteiger partial charge in [0.05, 0.1) is 0 Å². The van der Waals surface area contributed by atoms with Crippen molar-refractivity contribution in [2.24, 2.45) is 0 Å². The minimum absolute atomic E-state index is 0.123. The number of unbranched alkanes of at least 4 members (excludes halogenated alkanes) is 2. The molecule has 0 spiro atoms. The van der Waals surface area contributed by atoms with E-state index in [9.17, 15) is 4.79 Å². The number of ether oxygens (including phenoxy) is 1. The van der Waals surface area contributed by atoms with Crippen molar-refractivity contribution in [3.05, 3.63) is 83.4 Å². The second-order valence-corrected chi connectivity index (χ2v) is 7.23. The lowest BCUT2D eigenvalue weighted by atomic mass is 9.99. The maximum atomic E-state index is 11.7. The third kappa shape index (κ3) is 8.22. The van der Waals surface area contributed by atoms with Gasteiger partial charge < -0.3 is 14.9 Å². The number of hydrogen-bond donors (Lipinski definition) is 2. The largest absolute Gasteiger partial charge is 0.454 e. The summed E-state index contributed by atoms with van der Waals surface area (Å²) in [6.45, 7) is 3.80. The van der Waals surface area contributed by atoms with E-state index in [0.717, 1.165) is 48.8 Å². The van der Waals surface area contributed by atoms with E-state index in [1.54, 1.807) is 0 Å². The molecule has 0 aliphatic carbocycles. The summed E-state index contributed by atoms with van der Waals surface area (Å²) < 4.78 is 5.56. The van der Waals surface area contributed by atoms with Gasteiger partial charge in [-0.3, -0.25) is 0 Å². The molecular formula is C25H32O4. The number of rotatable bonds is 13. The third-order valence-electron chi connectivity index (χ3n) is 5.03. The second-order valence-electron chi connectivity index (χ2n) is 7.23. The topological polar surface area (TPSA) is 66.8 Å². The van der Waals surface area contributed by atoms with E-state index in [1.807, 2.05) is 24.3 Å². The number of carbonyl (C=O) groups is 1. The van der Waals surface area contributed by atoms with Gasteiger partial charge in [-0.15, -0.1) is 0 Å². The summed E-state index contributed by atoms with van der Waals surface area (Å²) in [6, 6.07) is 16.3. The van der Waals surface area contributed by atoms with Crippen molar-refractivity contribution in [2.75, 3.05) is 13.2 Å². The molecule has 0 amide bonds. The summed E-state index contributed by atoms with van der Waals surface area (Å²) in [5.74, 6) is -0.405.